The van der Waals surface area contributed by atoms with Crippen molar-refractivity contribution in [2.24, 2.45) is 11.5 Å². The molecule has 0 heterocycles. The SMILES string of the molecule is CC(NC(=O)C(Cc1ccccc1)NC(=O)C(N)CC(N)=O)C(=O)O. The van der Waals surface area contributed by atoms with Gasteiger partial charge in [-0.05, 0) is 12.5 Å². The van der Waals surface area contributed by atoms with Gasteiger partial charge in [0.1, 0.15) is 12.1 Å². The molecule has 0 saturated carbocycles. The zero-order chi connectivity index (χ0) is 19.0. The van der Waals surface area contributed by atoms with Gasteiger partial charge < -0.3 is 27.2 Å². The molecule has 3 unspecified atom stereocenters. The normalized spacial score (nSPS) is 14.0. The van der Waals surface area contributed by atoms with Crippen molar-refractivity contribution in [1.29, 1.82) is 0 Å². The standard InChI is InChI=1S/C16H22N4O5/c1-9(16(24)25)19-15(23)12(7-10-5-3-2-4-6-10)20-14(22)11(17)8-13(18)21/h2-6,9,11-12H,7-8,17H2,1H3,(H2,18,21)(H,19,23)(H,20,22)(H,24,25). The number of nitrogens with two attached hydrogens (primary N) is 2. The summed E-state index contributed by atoms with van der Waals surface area (Å²) in [5.41, 5.74) is 11.3. The molecule has 1 aromatic carbocycles. The summed E-state index contributed by atoms with van der Waals surface area (Å²) in [6.07, 6.45) is -0.231. The zero-order valence-corrected chi connectivity index (χ0v) is 13.8. The third-order valence-electron chi connectivity index (χ3n) is 3.40. The van der Waals surface area contributed by atoms with Gasteiger partial charge in [-0.15, -0.1) is 0 Å². The highest BCUT2D eigenvalue weighted by Gasteiger charge is 2.27. The van der Waals surface area contributed by atoms with Crippen LogP contribution in [0.4, 0.5) is 0 Å². The number of carboxylic acids is 1. The maximum Gasteiger partial charge on any atom is 0.325 e. The summed E-state index contributed by atoms with van der Waals surface area (Å²) < 4.78 is 0. The van der Waals surface area contributed by atoms with E-state index in [4.69, 9.17) is 16.6 Å². The van der Waals surface area contributed by atoms with Gasteiger partial charge in [0.2, 0.25) is 17.7 Å². The number of benzene rings is 1. The Kier molecular flexibility index (Phi) is 7.54. The number of hydrogen-bond acceptors (Lipinski definition) is 5. The summed E-state index contributed by atoms with van der Waals surface area (Å²) in [6.45, 7) is 1.31. The molecule has 9 nitrogen and oxygen atoms in total. The molecule has 3 atom stereocenters. The largest absolute Gasteiger partial charge is 0.480 e. The first kappa shape index (κ1) is 20.1. The Morgan fingerprint density at radius 1 is 1.08 bits per heavy atom. The molecule has 0 bridgehead atoms. The van der Waals surface area contributed by atoms with Crippen molar-refractivity contribution in [3.8, 4) is 0 Å². The molecule has 0 aliphatic rings. The van der Waals surface area contributed by atoms with E-state index in [1.807, 2.05) is 0 Å². The molecule has 0 spiro atoms. The lowest BCUT2D eigenvalue weighted by molar-refractivity contribution is -0.141. The molecule has 0 aliphatic heterocycles. The average Bonchev–Trinajstić information content (AvgIpc) is 2.54. The fourth-order valence-corrected chi connectivity index (χ4v) is 2.02. The summed E-state index contributed by atoms with van der Waals surface area (Å²) >= 11 is 0. The minimum atomic E-state index is -1.21. The van der Waals surface area contributed by atoms with Crippen LogP contribution in [-0.2, 0) is 25.6 Å². The van der Waals surface area contributed by atoms with E-state index in [0.29, 0.717) is 0 Å². The molecule has 0 fully saturated rings. The minimum absolute atomic E-state index is 0.133. The van der Waals surface area contributed by atoms with Gasteiger partial charge in [0.25, 0.3) is 0 Å². The first-order valence-electron chi connectivity index (χ1n) is 7.62. The third-order valence-corrected chi connectivity index (χ3v) is 3.40. The monoisotopic (exact) mass is 350 g/mol. The summed E-state index contributed by atoms with van der Waals surface area (Å²) in [5, 5.41) is 13.6. The molecular weight excluding hydrogens is 328 g/mol. The predicted octanol–water partition coefficient (Wildman–Crippen LogP) is -1.49. The highest BCUT2D eigenvalue weighted by Crippen LogP contribution is 2.05. The van der Waals surface area contributed by atoms with Crippen molar-refractivity contribution in [2.45, 2.75) is 37.9 Å². The van der Waals surface area contributed by atoms with E-state index < -0.39 is 41.8 Å². The molecule has 7 N–H and O–H groups in total. The highest BCUT2D eigenvalue weighted by atomic mass is 16.4. The molecule has 3 amide bonds. The number of hydrogen-bond donors (Lipinski definition) is 5. The third kappa shape index (κ3) is 7.00. The van der Waals surface area contributed by atoms with Crippen molar-refractivity contribution >= 4 is 23.7 Å². The molecule has 1 aromatic rings. The van der Waals surface area contributed by atoms with E-state index in [-0.39, 0.29) is 12.8 Å². The van der Waals surface area contributed by atoms with Gasteiger partial charge in [0.05, 0.1) is 12.5 Å². The quantitative estimate of drug-likeness (QED) is 0.364. The van der Waals surface area contributed by atoms with Crippen molar-refractivity contribution < 1.29 is 24.3 Å². The number of rotatable bonds is 9. The molecule has 0 aliphatic carbocycles. The molecule has 0 saturated heterocycles. The summed E-state index contributed by atoms with van der Waals surface area (Å²) in [5.74, 6) is -3.34. The van der Waals surface area contributed by atoms with E-state index >= 15 is 0 Å². The maximum atomic E-state index is 12.3. The van der Waals surface area contributed by atoms with Crippen LogP contribution in [0.5, 0.6) is 0 Å². The first-order valence-corrected chi connectivity index (χ1v) is 7.62. The lowest BCUT2D eigenvalue weighted by atomic mass is 10.0. The summed E-state index contributed by atoms with van der Waals surface area (Å²) in [7, 11) is 0. The zero-order valence-electron chi connectivity index (χ0n) is 13.8. The number of carboxylic acid groups (broad SMARTS) is 1. The van der Waals surface area contributed by atoms with Gasteiger partial charge in [0, 0.05) is 6.42 Å². The number of nitrogens with one attached hydrogen (secondary N) is 2. The fourth-order valence-electron chi connectivity index (χ4n) is 2.02. The average molecular weight is 350 g/mol. The molecular formula is C16H22N4O5. The molecule has 1 rings (SSSR count). The van der Waals surface area contributed by atoms with Gasteiger partial charge in [-0.25, -0.2) is 0 Å². The molecule has 9 heteroatoms. The van der Waals surface area contributed by atoms with E-state index in [1.54, 1.807) is 30.3 Å². The number of aliphatic carboxylic acids is 1. The van der Waals surface area contributed by atoms with Crippen LogP contribution < -0.4 is 22.1 Å². The lowest BCUT2D eigenvalue weighted by Crippen LogP contribution is -2.55. The van der Waals surface area contributed by atoms with Crippen molar-refractivity contribution in [2.75, 3.05) is 0 Å². The van der Waals surface area contributed by atoms with Crippen LogP contribution in [0, 0.1) is 0 Å². The van der Waals surface area contributed by atoms with Crippen molar-refractivity contribution in [3.63, 3.8) is 0 Å². The highest BCUT2D eigenvalue weighted by molar-refractivity contribution is 5.93. The van der Waals surface area contributed by atoms with Gasteiger partial charge in [-0.2, -0.15) is 0 Å². The van der Waals surface area contributed by atoms with Gasteiger partial charge >= 0.3 is 5.97 Å². The number of carbonyl (C=O) groups excluding carboxylic acids is 3. The van der Waals surface area contributed by atoms with Crippen LogP contribution in [0.25, 0.3) is 0 Å². The first-order chi connectivity index (χ1) is 11.7. The predicted molar refractivity (Wildman–Crippen MR) is 89.1 cm³/mol. The second-order valence-corrected chi connectivity index (χ2v) is 5.60. The van der Waals surface area contributed by atoms with Crippen LogP contribution >= 0.6 is 0 Å². The van der Waals surface area contributed by atoms with E-state index in [0.717, 1.165) is 5.56 Å². The lowest BCUT2D eigenvalue weighted by Gasteiger charge is -2.21. The van der Waals surface area contributed by atoms with Gasteiger partial charge in [0.15, 0.2) is 0 Å². The topological polar surface area (TPSA) is 165 Å². The van der Waals surface area contributed by atoms with Gasteiger partial charge in [-0.3, -0.25) is 19.2 Å². The van der Waals surface area contributed by atoms with Crippen molar-refractivity contribution in [1.82, 2.24) is 10.6 Å². The minimum Gasteiger partial charge on any atom is -0.480 e. The second-order valence-electron chi connectivity index (χ2n) is 5.60. The Balaban J connectivity index is 2.86. The Morgan fingerprint density at radius 3 is 2.20 bits per heavy atom. The number of amides is 3. The Morgan fingerprint density at radius 2 is 1.68 bits per heavy atom. The molecule has 25 heavy (non-hydrogen) atoms. The Labute approximate surface area is 144 Å². The molecule has 136 valence electrons. The van der Waals surface area contributed by atoms with E-state index in [1.165, 1.54) is 6.92 Å². The Bertz CT molecular complexity index is 635. The fraction of sp³-hybridized carbons (Fsp3) is 0.375. The summed E-state index contributed by atoms with van der Waals surface area (Å²) in [4.78, 5) is 46.1. The Hall–Kier alpha value is -2.94. The smallest absolute Gasteiger partial charge is 0.325 e. The molecule has 0 radical (unpaired) electrons. The van der Waals surface area contributed by atoms with Crippen LogP contribution in [-0.4, -0.2) is 46.9 Å². The van der Waals surface area contributed by atoms with Crippen molar-refractivity contribution in [3.05, 3.63) is 35.9 Å². The summed E-state index contributed by atoms with van der Waals surface area (Å²) in [6, 6.07) is 5.49. The maximum absolute atomic E-state index is 12.3. The second kappa shape index (κ2) is 9.38. The number of primary amides is 1. The van der Waals surface area contributed by atoms with E-state index in [9.17, 15) is 19.2 Å². The van der Waals surface area contributed by atoms with Crippen LogP contribution in [0.15, 0.2) is 30.3 Å². The van der Waals surface area contributed by atoms with Crippen LogP contribution in [0.2, 0.25) is 0 Å². The van der Waals surface area contributed by atoms with E-state index in [2.05, 4.69) is 10.6 Å². The number of carbonyl (C=O) groups is 4. The molecule has 0 aromatic heterocycles. The van der Waals surface area contributed by atoms with Crippen LogP contribution in [0.1, 0.15) is 18.9 Å². The van der Waals surface area contributed by atoms with Crippen LogP contribution in [0.3, 0.4) is 0 Å². The van der Waals surface area contributed by atoms with Gasteiger partial charge in [-0.1, -0.05) is 30.3 Å².